The highest BCUT2D eigenvalue weighted by Gasteiger charge is 2.32. The molecule has 1 aliphatic heterocycles. The van der Waals surface area contributed by atoms with E-state index in [0.717, 1.165) is 47.4 Å². The highest BCUT2D eigenvalue weighted by atomic mass is 35.5. The van der Waals surface area contributed by atoms with E-state index in [2.05, 4.69) is 16.3 Å². The topological polar surface area (TPSA) is 69.7 Å². The number of hydrogen-bond acceptors (Lipinski definition) is 4. The van der Waals surface area contributed by atoms with Gasteiger partial charge in [0.15, 0.2) is 0 Å². The standard InChI is InChI=1S/C23H29ClFN3O3S/c1-3-22(28(32(2,30)31)19-10-11-21(25)20(24)14-19)23(29)26-15-17-8-4-5-9-18(17)16-27-12-6-7-13-27/h4-5,8-11,14,22H,3,6-7,12-13,15-16H2,1-2H3,(H,26,29)/t22-/m1/s1. The molecule has 0 bridgehead atoms. The van der Waals surface area contributed by atoms with E-state index in [1.807, 2.05) is 18.2 Å². The number of rotatable bonds is 9. The van der Waals surface area contributed by atoms with Crippen molar-refractivity contribution in [3.05, 3.63) is 64.4 Å². The summed E-state index contributed by atoms with van der Waals surface area (Å²) in [6.45, 7) is 4.99. The van der Waals surface area contributed by atoms with Crippen LogP contribution >= 0.6 is 11.6 Å². The minimum atomic E-state index is -3.83. The van der Waals surface area contributed by atoms with Gasteiger partial charge in [-0.15, -0.1) is 0 Å². The van der Waals surface area contributed by atoms with Gasteiger partial charge in [-0.3, -0.25) is 14.0 Å². The first-order valence-electron chi connectivity index (χ1n) is 10.7. The van der Waals surface area contributed by atoms with E-state index in [0.29, 0.717) is 6.54 Å². The quantitative estimate of drug-likeness (QED) is 0.589. The molecule has 1 heterocycles. The summed E-state index contributed by atoms with van der Waals surface area (Å²) in [4.78, 5) is 15.5. The van der Waals surface area contributed by atoms with Crippen molar-refractivity contribution in [2.45, 2.75) is 45.3 Å². The molecule has 2 aromatic rings. The van der Waals surface area contributed by atoms with Gasteiger partial charge in [-0.1, -0.05) is 42.8 Å². The number of nitrogens with zero attached hydrogens (tertiary/aromatic N) is 2. The van der Waals surface area contributed by atoms with Crippen LogP contribution in [0.1, 0.15) is 37.3 Å². The number of amides is 1. The fourth-order valence-electron chi connectivity index (χ4n) is 4.05. The maximum absolute atomic E-state index is 13.6. The second-order valence-electron chi connectivity index (χ2n) is 8.05. The third-order valence-electron chi connectivity index (χ3n) is 5.65. The van der Waals surface area contributed by atoms with Gasteiger partial charge in [-0.2, -0.15) is 0 Å². The predicted octanol–water partition coefficient (Wildman–Crippen LogP) is 3.94. The van der Waals surface area contributed by atoms with Crippen LogP contribution < -0.4 is 9.62 Å². The molecule has 0 spiro atoms. The fourth-order valence-corrected chi connectivity index (χ4v) is 5.43. The summed E-state index contributed by atoms with van der Waals surface area (Å²) >= 11 is 5.86. The molecule has 3 rings (SSSR count). The van der Waals surface area contributed by atoms with E-state index < -0.39 is 27.8 Å². The number of halogens is 2. The van der Waals surface area contributed by atoms with Crippen molar-refractivity contribution in [2.24, 2.45) is 0 Å². The van der Waals surface area contributed by atoms with Gasteiger partial charge in [0.1, 0.15) is 11.9 Å². The summed E-state index contributed by atoms with van der Waals surface area (Å²) in [5.74, 6) is -1.08. The minimum absolute atomic E-state index is 0.148. The van der Waals surface area contributed by atoms with Gasteiger partial charge in [0.2, 0.25) is 15.9 Å². The molecule has 1 N–H and O–H groups in total. The number of carbonyl (C=O) groups excluding carboxylic acids is 1. The number of sulfonamides is 1. The van der Waals surface area contributed by atoms with Crippen LogP contribution in [-0.2, 0) is 27.9 Å². The maximum atomic E-state index is 13.6. The van der Waals surface area contributed by atoms with Crippen molar-refractivity contribution in [1.82, 2.24) is 10.2 Å². The molecule has 0 aromatic heterocycles. The van der Waals surface area contributed by atoms with Crippen molar-refractivity contribution < 1.29 is 17.6 Å². The maximum Gasteiger partial charge on any atom is 0.244 e. The Kier molecular flexibility index (Phi) is 8.14. The number of nitrogens with one attached hydrogen (secondary N) is 1. The van der Waals surface area contributed by atoms with Crippen molar-refractivity contribution in [1.29, 1.82) is 0 Å². The predicted molar refractivity (Wildman–Crippen MR) is 126 cm³/mol. The first-order valence-corrected chi connectivity index (χ1v) is 12.9. The number of anilines is 1. The van der Waals surface area contributed by atoms with Crippen LogP contribution in [0.4, 0.5) is 10.1 Å². The van der Waals surface area contributed by atoms with E-state index in [1.165, 1.54) is 25.0 Å². The Morgan fingerprint density at radius 1 is 1.19 bits per heavy atom. The van der Waals surface area contributed by atoms with Gasteiger partial charge in [-0.05, 0) is 61.7 Å². The number of carbonyl (C=O) groups is 1. The van der Waals surface area contributed by atoms with Gasteiger partial charge in [0, 0.05) is 13.1 Å². The van der Waals surface area contributed by atoms with Gasteiger partial charge < -0.3 is 5.32 Å². The highest BCUT2D eigenvalue weighted by Crippen LogP contribution is 2.27. The molecule has 9 heteroatoms. The Labute approximate surface area is 194 Å². The van der Waals surface area contributed by atoms with Gasteiger partial charge in [0.25, 0.3) is 0 Å². The molecule has 1 saturated heterocycles. The lowest BCUT2D eigenvalue weighted by Gasteiger charge is -2.30. The largest absolute Gasteiger partial charge is 0.350 e. The molecule has 0 radical (unpaired) electrons. The summed E-state index contributed by atoms with van der Waals surface area (Å²) < 4.78 is 39.7. The molecule has 0 aliphatic carbocycles. The van der Waals surface area contributed by atoms with Crippen LogP contribution in [0.2, 0.25) is 5.02 Å². The third-order valence-corrected chi connectivity index (χ3v) is 7.12. The third kappa shape index (κ3) is 5.99. The van der Waals surface area contributed by atoms with Crippen molar-refractivity contribution in [3.8, 4) is 0 Å². The van der Waals surface area contributed by atoms with Crippen LogP contribution in [0, 0.1) is 5.82 Å². The number of benzene rings is 2. The molecule has 1 amide bonds. The van der Waals surface area contributed by atoms with Crippen LogP contribution in [0.3, 0.4) is 0 Å². The lowest BCUT2D eigenvalue weighted by Crippen LogP contribution is -2.49. The monoisotopic (exact) mass is 481 g/mol. The second-order valence-corrected chi connectivity index (χ2v) is 10.3. The molecule has 174 valence electrons. The molecule has 1 fully saturated rings. The van der Waals surface area contributed by atoms with Crippen LogP contribution in [0.5, 0.6) is 0 Å². The summed E-state index contributed by atoms with van der Waals surface area (Å²) in [5.41, 5.74) is 2.29. The Hall–Kier alpha value is -2.16. The SMILES string of the molecule is CC[C@H](C(=O)NCc1ccccc1CN1CCCC1)N(c1ccc(F)c(Cl)c1)S(C)(=O)=O. The Morgan fingerprint density at radius 2 is 1.84 bits per heavy atom. The molecule has 1 aliphatic rings. The van der Waals surface area contributed by atoms with Crippen molar-refractivity contribution >= 4 is 33.2 Å². The number of likely N-dealkylation sites (tertiary alicyclic amines) is 1. The van der Waals surface area contributed by atoms with E-state index in [1.54, 1.807) is 6.92 Å². The van der Waals surface area contributed by atoms with Crippen LogP contribution in [0.25, 0.3) is 0 Å². The average Bonchev–Trinajstić information content (AvgIpc) is 3.25. The smallest absolute Gasteiger partial charge is 0.244 e. The zero-order valence-electron chi connectivity index (χ0n) is 18.4. The average molecular weight is 482 g/mol. The minimum Gasteiger partial charge on any atom is -0.350 e. The molecular formula is C23H29ClFN3O3S. The molecule has 6 nitrogen and oxygen atoms in total. The highest BCUT2D eigenvalue weighted by molar-refractivity contribution is 7.92. The molecule has 0 unspecified atom stereocenters. The Balaban J connectivity index is 1.78. The van der Waals surface area contributed by atoms with Gasteiger partial charge in [-0.25, -0.2) is 12.8 Å². The first-order chi connectivity index (χ1) is 15.2. The van der Waals surface area contributed by atoms with Crippen LogP contribution in [-0.4, -0.2) is 44.6 Å². The number of hydrogen-bond donors (Lipinski definition) is 1. The zero-order chi connectivity index (χ0) is 23.3. The summed E-state index contributed by atoms with van der Waals surface area (Å²) in [5, 5.41) is 2.69. The van der Waals surface area contributed by atoms with E-state index in [9.17, 15) is 17.6 Å². The fraction of sp³-hybridized carbons (Fsp3) is 0.435. The van der Waals surface area contributed by atoms with Crippen LogP contribution in [0.15, 0.2) is 42.5 Å². The van der Waals surface area contributed by atoms with Gasteiger partial charge >= 0.3 is 0 Å². The molecular weight excluding hydrogens is 453 g/mol. The van der Waals surface area contributed by atoms with Crippen molar-refractivity contribution in [2.75, 3.05) is 23.7 Å². The first kappa shape index (κ1) is 24.5. The normalized spacial score (nSPS) is 15.5. The molecule has 0 saturated carbocycles. The summed E-state index contributed by atoms with van der Waals surface area (Å²) in [7, 11) is -3.83. The Bertz CT molecular complexity index is 1060. The summed E-state index contributed by atoms with van der Waals surface area (Å²) in [6, 6.07) is 10.6. The zero-order valence-corrected chi connectivity index (χ0v) is 19.9. The van der Waals surface area contributed by atoms with E-state index >= 15 is 0 Å². The van der Waals surface area contributed by atoms with Gasteiger partial charge in [0.05, 0.1) is 17.0 Å². The van der Waals surface area contributed by atoms with Crippen molar-refractivity contribution in [3.63, 3.8) is 0 Å². The second kappa shape index (κ2) is 10.6. The Morgan fingerprint density at radius 3 is 2.44 bits per heavy atom. The summed E-state index contributed by atoms with van der Waals surface area (Å²) in [6.07, 6.45) is 3.66. The van der Waals surface area contributed by atoms with E-state index in [-0.39, 0.29) is 17.1 Å². The lowest BCUT2D eigenvalue weighted by atomic mass is 10.1. The molecule has 2 aromatic carbocycles. The van der Waals surface area contributed by atoms with E-state index in [4.69, 9.17) is 11.6 Å². The molecule has 1 atom stereocenters. The lowest BCUT2D eigenvalue weighted by molar-refractivity contribution is -0.122. The molecule has 32 heavy (non-hydrogen) atoms.